The third-order valence-corrected chi connectivity index (χ3v) is 5.98. The Labute approximate surface area is 196 Å². The summed E-state index contributed by atoms with van der Waals surface area (Å²) in [4.78, 5) is 24.2. The maximum atomic E-state index is 12.8. The first kappa shape index (κ1) is 23.7. The van der Waals surface area contributed by atoms with Gasteiger partial charge in [-0.25, -0.2) is 9.59 Å². The van der Waals surface area contributed by atoms with Gasteiger partial charge in [0.2, 0.25) is 6.29 Å². The molecule has 3 N–H and O–H groups in total. The van der Waals surface area contributed by atoms with Gasteiger partial charge in [0.05, 0.1) is 11.2 Å². The van der Waals surface area contributed by atoms with Crippen LogP contribution in [0.3, 0.4) is 0 Å². The van der Waals surface area contributed by atoms with Gasteiger partial charge < -0.3 is 34.2 Å². The van der Waals surface area contributed by atoms with E-state index < -0.39 is 41.9 Å². The summed E-state index contributed by atoms with van der Waals surface area (Å²) < 4.78 is 27.9. The molecule has 0 saturated carbocycles. The summed E-state index contributed by atoms with van der Waals surface area (Å²) in [6.45, 7) is 5.29. The number of fused-ring (bicyclic) bond motifs is 1. The summed E-state index contributed by atoms with van der Waals surface area (Å²) in [5, 5.41) is 11.5. The molecule has 4 atom stereocenters. The van der Waals surface area contributed by atoms with E-state index in [1.807, 2.05) is 37.3 Å². The van der Waals surface area contributed by atoms with Crippen LogP contribution in [-0.4, -0.2) is 48.5 Å². The summed E-state index contributed by atoms with van der Waals surface area (Å²) in [7, 11) is 1.42. The summed E-state index contributed by atoms with van der Waals surface area (Å²) in [5.41, 5.74) is 6.09. The summed E-state index contributed by atoms with van der Waals surface area (Å²) >= 11 is 0. The largest absolute Gasteiger partial charge is 0.462 e. The number of hydrogen-bond acceptors (Lipinski definition) is 8. The van der Waals surface area contributed by atoms with Crippen LogP contribution in [0.1, 0.15) is 19.4 Å². The number of aliphatic hydroxyl groups excluding tert-OH is 1. The Morgan fingerprint density at radius 1 is 1.15 bits per heavy atom. The number of carbonyl (C=O) groups is 1. The van der Waals surface area contributed by atoms with Gasteiger partial charge in [-0.2, -0.15) is 0 Å². The van der Waals surface area contributed by atoms with Crippen LogP contribution in [0.25, 0.3) is 22.1 Å². The number of carbonyl (C=O) groups excluding carboxylic acids is 1. The van der Waals surface area contributed by atoms with Crippen molar-refractivity contribution in [2.24, 2.45) is 5.73 Å². The second kappa shape index (κ2) is 9.09. The van der Waals surface area contributed by atoms with E-state index in [-0.39, 0.29) is 5.75 Å². The Balaban J connectivity index is 1.67. The molecule has 1 aliphatic heterocycles. The number of rotatable bonds is 5. The quantitative estimate of drug-likeness (QED) is 0.545. The molecule has 9 heteroatoms. The number of hydrogen-bond donors (Lipinski definition) is 2. The van der Waals surface area contributed by atoms with Crippen molar-refractivity contribution in [3.05, 3.63) is 64.5 Å². The maximum Gasteiger partial charge on any atom is 0.404 e. The lowest BCUT2D eigenvalue weighted by molar-refractivity contribution is -0.304. The molecule has 0 aliphatic carbocycles. The zero-order valence-corrected chi connectivity index (χ0v) is 19.3. The second-order valence-corrected chi connectivity index (χ2v) is 8.67. The number of aryl methyl sites for hydroxylation is 1. The Kier molecular flexibility index (Phi) is 6.35. The Morgan fingerprint density at radius 3 is 2.50 bits per heavy atom. The molecule has 0 bridgehead atoms. The van der Waals surface area contributed by atoms with E-state index >= 15 is 0 Å². The van der Waals surface area contributed by atoms with Gasteiger partial charge >= 0.3 is 11.7 Å². The third-order valence-electron chi connectivity index (χ3n) is 5.98. The molecule has 180 valence electrons. The Hall–Kier alpha value is -3.40. The Bertz CT molecular complexity index is 1250. The van der Waals surface area contributed by atoms with Crippen molar-refractivity contribution in [3.63, 3.8) is 0 Å². The SMILES string of the molecule is CO[C@@H]1[C@@H](OC(N)=O)C(O)[C@H](Oc2ccc3c(C)c(-c4ccccc4)c(=O)oc3c2)OC1(C)C. The molecular weight excluding hydrogens is 442 g/mol. The number of methoxy groups -OCH3 is 1. The molecule has 4 rings (SSSR count). The van der Waals surface area contributed by atoms with E-state index in [2.05, 4.69) is 0 Å². The van der Waals surface area contributed by atoms with Crippen LogP contribution in [0.15, 0.2) is 57.7 Å². The summed E-state index contributed by atoms with van der Waals surface area (Å²) in [6, 6.07) is 14.3. The normalized spacial score (nSPS) is 24.0. The highest BCUT2D eigenvalue weighted by atomic mass is 16.7. The fourth-order valence-corrected chi connectivity index (χ4v) is 4.43. The summed E-state index contributed by atoms with van der Waals surface area (Å²) in [5.74, 6) is 0.288. The lowest BCUT2D eigenvalue weighted by atomic mass is 9.89. The van der Waals surface area contributed by atoms with Crippen molar-refractivity contribution < 1.29 is 33.3 Å². The predicted octanol–water partition coefficient (Wildman–Crippen LogP) is 3.12. The zero-order valence-electron chi connectivity index (χ0n) is 19.3. The minimum absolute atomic E-state index is 0.288. The number of ether oxygens (including phenoxy) is 4. The van der Waals surface area contributed by atoms with Crippen LogP contribution in [-0.2, 0) is 14.2 Å². The molecule has 9 nitrogen and oxygen atoms in total. The molecule has 3 aromatic rings. The molecule has 2 aromatic carbocycles. The van der Waals surface area contributed by atoms with Crippen molar-refractivity contribution in [3.8, 4) is 16.9 Å². The van der Waals surface area contributed by atoms with Crippen LogP contribution in [0.2, 0.25) is 0 Å². The van der Waals surface area contributed by atoms with Crippen LogP contribution in [0.5, 0.6) is 5.75 Å². The van der Waals surface area contributed by atoms with Crippen molar-refractivity contribution >= 4 is 17.1 Å². The number of aliphatic hydroxyl groups is 1. The van der Waals surface area contributed by atoms with E-state index in [1.54, 1.807) is 32.0 Å². The lowest BCUT2D eigenvalue weighted by Gasteiger charge is -2.47. The van der Waals surface area contributed by atoms with E-state index in [0.717, 1.165) is 16.5 Å². The first-order chi connectivity index (χ1) is 16.1. The van der Waals surface area contributed by atoms with Gasteiger partial charge in [-0.1, -0.05) is 30.3 Å². The highest BCUT2D eigenvalue weighted by Gasteiger charge is 2.53. The van der Waals surface area contributed by atoms with Crippen LogP contribution >= 0.6 is 0 Å². The monoisotopic (exact) mass is 469 g/mol. The molecule has 1 saturated heterocycles. The standard InChI is InChI=1S/C25H27NO8/c1-13-16-11-10-15(12-17(16)32-22(28)18(13)14-8-6-5-7-9-14)31-23-19(27)20(33-24(26)29)21(30-4)25(2,3)34-23/h5-12,19-21,23,27H,1-4H3,(H2,26,29)/t19?,20-,21+,23+/m0/s1. The van der Waals surface area contributed by atoms with Gasteiger partial charge in [-0.15, -0.1) is 0 Å². The number of amides is 1. The Morgan fingerprint density at radius 2 is 1.85 bits per heavy atom. The van der Waals surface area contributed by atoms with Crippen molar-refractivity contribution in [2.45, 2.75) is 51.0 Å². The first-order valence-corrected chi connectivity index (χ1v) is 10.8. The molecule has 1 fully saturated rings. The average Bonchev–Trinajstić information content (AvgIpc) is 2.77. The molecule has 34 heavy (non-hydrogen) atoms. The molecule has 2 heterocycles. The van der Waals surface area contributed by atoms with Crippen molar-refractivity contribution in [2.75, 3.05) is 7.11 Å². The topological polar surface area (TPSA) is 130 Å². The minimum Gasteiger partial charge on any atom is -0.462 e. The van der Waals surface area contributed by atoms with Gasteiger partial charge in [0, 0.05) is 18.6 Å². The zero-order chi connectivity index (χ0) is 24.6. The van der Waals surface area contributed by atoms with Gasteiger partial charge in [-0.05, 0) is 44.0 Å². The molecule has 1 amide bonds. The molecule has 1 aliphatic rings. The average molecular weight is 469 g/mol. The van der Waals surface area contributed by atoms with E-state index in [1.165, 1.54) is 7.11 Å². The maximum absolute atomic E-state index is 12.8. The third kappa shape index (κ3) is 4.37. The second-order valence-electron chi connectivity index (χ2n) is 8.67. The van der Waals surface area contributed by atoms with Gasteiger partial charge in [-0.3, -0.25) is 0 Å². The van der Waals surface area contributed by atoms with E-state index in [0.29, 0.717) is 11.1 Å². The van der Waals surface area contributed by atoms with E-state index in [9.17, 15) is 14.7 Å². The molecule has 1 unspecified atom stereocenters. The highest BCUT2D eigenvalue weighted by molar-refractivity contribution is 5.87. The fraction of sp³-hybridized carbons (Fsp3) is 0.360. The van der Waals surface area contributed by atoms with Crippen molar-refractivity contribution in [1.29, 1.82) is 0 Å². The smallest absolute Gasteiger partial charge is 0.404 e. The van der Waals surface area contributed by atoms with Crippen molar-refractivity contribution in [1.82, 2.24) is 0 Å². The molecule has 0 radical (unpaired) electrons. The number of nitrogens with two attached hydrogens (primary N) is 1. The van der Waals surface area contributed by atoms with Gasteiger partial charge in [0.25, 0.3) is 0 Å². The lowest BCUT2D eigenvalue weighted by Crippen LogP contribution is -2.65. The number of benzene rings is 2. The molecular formula is C25H27NO8. The van der Waals surface area contributed by atoms with Crippen LogP contribution in [0.4, 0.5) is 4.79 Å². The highest BCUT2D eigenvalue weighted by Crippen LogP contribution is 2.35. The molecule has 1 aromatic heterocycles. The fourth-order valence-electron chi connectivity index (χ4n) is 4.43. The molecule has 0 spiro atoms. The summed E-state index contributed by atoms with van der Waals surface area (Å²) in [6.07, 6.45) is -5.57. The first-order valence-electron chi connectivity index (χ1n) is 10.8. The predicted molar refractivity (Wildman–Crippen MR) is 123 cm³/mol. The van der Waals surface area contributed by atoms with E-state index in [4.69, 9.17) is 29.1 Å². The van der Waals surface area contributed by atoms with Gasteiger partial charge in [0.1, 0.15) is 17.4 Å². The minimum atomic E-state index is -1.39. The van der Waals surface area contributed by atoms with Gasteiger partial charge in [0.15, 0.2) is 12.2 Å². The van der Waals surface area contributed by atoms with Crippen LogP contribution < -0.4 is 16.1 Å². The number of primary amides is 1. The van der Waals surface area contributed by atoms with Crippen LogP contribution in [0, 0.1) is 6.92 Å².